The molecule has 0 spiro atoms. The molecule has 0 bridgehead atoms. The van der Waals surface area contributed by atoms with Crippen LogP contribution in [0.15, 0.2) is 48.5 Å². The van der Waals surface area contributed by atoms with E-state index in [0.717, 1.165) is 19.3 Å². The third-order valence-electron chi connectivity index (χ3n) is 5.55. The highest BCUT2D eigenvalue weighted by Crippen LogP contribution is 2.33. The molecule has 1 aliphatic carbocycles. The maximum Gasteiger partial charge on any atom is 0.293 e. The molecule has 4 rings (SSSR count). The van der Waals surface area contributed by atoms with Crippen LogP contribution in [0, 0.1) is 16.0 Å². The summed E-state index contributed by atoms with van der Waals surface area (Å²) >= 11 is 0. The van der Waals surface area contributed by atoms with Crippen LogP contribution in [0.3, 0.4) is 0 Å². The van der Waals surface area contributed by atoms with E-state index in [1.54, 1.807) is 36.4 Å². The molecular formula is C22H23N3O4. The SMILES string of the molecule is O=C(c1ccccc1)c1ccc(N2CCCN(C(=O)C3CC3)CC2)c([N+](=O)[O-])c1. The van der Waals surface area contributed by atoms with Gasteiger partial charge in [0.25, 0.3) is 5.69 Å². The predicted molar refractivity (Wildman–Crippen MR) is 109 cm³/mol. The number of nitro groups is 1. The third kappa shape index (κ3) is 4.13. The normalized spacial score (nSPS) is 17.0. The van der Waals surface area contributed by atoms with Crippen LogP contribution in [0.4, 0.5) is 11.4 Å². The first-order chi connectivity index (χ1) is 14.0. The molecule has 2 aromatic carbocycles. The summed E-state index contributed by atoms with van der Waals surface area (Å²) in [6.07, 6.45) is 2.71. The van der Waals surface area contributed by atoms with Gasteiger partial charge in [-0.1, -0.05) is 30.3 Å². The van der Waals surface area contributed by atoms with Crippen LogP contribution in [0.25, 0.3) is 0 Å². The molecule has 0 atom stereocenters. The van der Waals surface area contributed by atoms with E-state index in [4.69, 9.17) is 0 Å². The molecule has 1 heterocycles. The summed E-state index contributed by atoms with van der Waals surface area (Å²) in [6.45, 7) is 2.44. The van der Waals surface area contributed by atoms with E-state index in [0.29, 0.717) is 43.0 Å². The number of benzene rings is 2. The number of ketones is 1. The number of nitro benzene ring substituents is 1. The lowest BCUT2D eigenvalue weighted by Crippen LogP contribution is -2.36. The van der Waals surface area contributed by atoms with Gasteiger partial charge < -0.3 is 9.80 Å². The summed E-state index contributed by atoms with van der Waals surface area (Å²) in [7, 11) is 0. The van der Waals surface area contributed by atoms with Crippen molar-refractivity contribution in [3.63, 3.8) is 0 Å². The Balaban J connectivity index is 1.56. The average molecular weight is 393 g/mol. The lowest BCUT2D eigenvalue weighted by Gasteiger charge is -2.23. The molecule has 2 aliphatic rings. The second-order valence-corrected chi connectivity index (χ2v) is 7.60. The van der Waals surface area contributed by atoms with E-state index in [2.05, 4.69) is 0 Å². The van der Waals surface area contributed by atoms with Crippen molar-refractivity contribution in [1.29, 1.82) is 0 Å². The lowest BCUT2D eigenvalue weighted by atomic mass is 10.0. The van der Waals surface area contributed by atoms with Crippen LogP contribution in [0.2, 0.25) is 0 Å². The summed E-state index contributed by atoms with van der Waals surface area (Å²) in [4.78, 5) is 40.2. The van der Waals surface area contributed by atoms with Crippen molar-refractivity contribution in [1.82, 2.24) is 4.90 Å². The van der Waals surface area contributed by atoms with Gasteiger partial charge in [0.15, 0.2) is 5.78 Å². The minimum absolute atomic E-state index is 0.0752. The summed E-state index contributed by atoms with van der Waals surface area (Å²) in [6, 6.07) is 13.4. The van der Waals surface area contributed by atoms with Gasteiger partial charge in [-0.25, -0.2) is 0 Å². The van der Waals surface area contributed by atoms with Gasteiger partial charge >= 0.3 is 0 Å². The molecule has 1 saturated heterocycles. The summed E-state index contributed by atoms with van der Waals surface area (Å²) < 4.78 is 0. The zero-order valence-corrected chi connectivity index (χ0v) is 16.1. The van der Waals surface area contributed by atoms with Crippen molar-refractivity contribution in [3.8, 4) is 0 Å². The van der Waals surface area contributed by atoms with Gasteiger partial charge in [0.1, 0.15) is 5.69 Å². The van der Waals surface area contributed by atoms with Crippen LogP contribution in [-0.4, -0.2) is 47.7 Å². The molecule has 1 saturated carbocycles. The monoisotopic (exact) mass is 393 g/mol. The van der Waals surface area contributed by atoms with E-state index in [9.17, 15) is 19.7 Å². The average Bonchev–Trinajstić information content (AvgIpc) is 3.60. The van der Waals surface area contributed by atoms with Gasteiger partial charge in [-0.05, 0) is 31.4 Å². The quantitative estimate of drug-likeness (QED) is 0.442. The van der Waals surface area contributed by atoms with Crippen LogP contribution >= 0.6 is 0 Å². The van der Waals surface area contributed by atoms with Gasteiger partial charge in [0, 0.05) is 49.3 Å². The van der Waals surface area contributed by atoms with Gasteiger partial charge in [-0.15, -0.1) is 0 Å². The second kappa shape index (κ2) is 8.03. The molecule has 0 aromatic heterocycles. The van der Waals surface area contributed by atoms with E-state index < -0.39 is 4.92 Å². The molecule has 2 aromatic rings. The van der Waals surface area contributed by atoms with Crippen molar-refractivity contribution >= 4 is 23.1 Å². The Kier molecular flexibility index (Phi) is 5.29. The first kappa shape index (κ1) is 19.1. The summed E-state index contributed by atoms with van der Waals surface area (Å²) in [5.74, 6) is 0.154. The van der Waals surface area contributed by atoms with Crippen LogP contribution < -0.4 is 4.90 Å². The Hall–Kier alpha value is -3.22. The standard InChI is InChI=1S/C22H23N3O4/c26-21(16-5-2-1-3-6-16)18-9-10-19(20(15-18)25(28)29)23-11-4-12-24(14-13-23)22(27)17-7-8-17/h1-3,5-6,9-10,15,17H,4,7-8,11-14H2. The predicted octanol–water partition coefficient (Wildman–Crippen LogP) is 3.27. The maximum absolute atomic E-state index is 12.7. The number of anilines is 1. The van der Waals surface area contributed by atoms with E-state index >= 15 is 0 Å². The lowest BCUT2D eigenvalue weighted by molar-refractivity contribution is -0.384. The Morgan fingerprint density at radius 1 is 0.931 bits per heavy atom. The van der Waals surface area contributed by atoms with Crippen molar-refractivity contribution in [2.75, 3.05) is 31.1 Å². The molecule has 0 unspecified atom stereocenters. The minimum atomic E-state index is -0.435. The highest BCUT2D eigenvalue weighted by molar-refractivity contribution is 6.09. The summed E-state index contributed by atoms with van der Waals surface area (Å²) in [5, 5.41) is 11.7. The zero-order valence-electron chi connectivity index (χ0n) is 16.1. The van der Waals surface area contributed by atoms with E-state index in [1.165, 1.54) is 6.07 Å². The van der Waals surface area contributed by atoms with E-state index in [1.807, 2.05) is 15.9 Å². The van der Waals surface area contributed by atoms with Crippen molar-refractivity contribution in [2.45, 2.75) is 19.3 Å². The zero-order chi connectivity index (χ0) is 20.4. The minimum Gasteiger partial charge on any atom is -0.364 e. The van der Waals surface area contributed by atoms with Gasteiger partial charge in [0.05, 0.1) is 4.92 Å². The first-order valence-corrected chi connectivity index (χ1v) is 9.96. The fourth-order valence-corrected chi connectivity index (χ4v) is 3.80. The molecule has 2 fully saturated rings. The number of hydrogen-bond donors (Lipinski definition) is 0. The Bertz CT molecular complexity index is 940. The molecule has 7 heteroatoms. The first-order valence-electron chi connectivity index (χ1n) is 9.96. The van der Waals surface area contributed by atoms with Crippen LogP contribution in [0.5, 0.6) is 0 Å². The van der Waals surface area contributed by atoms with Gasteiger partial charge in [0.2, 0.25) is 5.91 Å². The molecule has 0 radical (unpaired) electrons. The Morgan fingerprint density at radius 2 is 1.69 bits per heavy atom. The largest absolute Gasteiger partial charge is 0.364 e. The second-order valence-electron chi connectivity index (χ2n) is 7.60. The number of carbonyl (C=O) groups excluding carboxylic acids is 2. The highest BCUT2D eigenvalue weighted by Gasteiger charge is 2.34. The van der Waals surface area contributed by atoms with Gasteiger partial charge in [-0.2, -0.15) is 0 Å². The van der Waals surface area contributed by atoms with Crippen molar-refractivity contribution in [3.05, 3.63) is 69.8 Å². The van der Waals surface area contributed by atoms with Crippen molar-refractivity contribution in [2.24, 2.45) is 5.92 Å². The number of amides is 1. The number of hydrogen-bond acceptors (Lipinski definition) is 5. The number of rotatable bonds is 5. The molecular weight excluding hydrogens is 370 g/mol. The Morgan fingerprint density at radius 3 is 2.38 bits per heavy atom. The smallest absolute Gasteiger partial charge is 0.293 e. The molecule has 7 nitrogen and oxygen atoms in total. The van der Waals surface area contributed by atoms with Crippen molar-refractivity contribution < 1.29 is 14.5 Å². The third-order valence-corrected chi connectivity index (χ3v) is 5.55. The van der Waals surface area contributed by atoms with E-state index in [-0.39, 0.29) is 23.3 Å². The highest BCUT2D eigenvalue weighted by atomic mass is 16.6. The fourth-order valence-electron chi connectivity index (χ4n) is 3.80. The fraction of sp³-hybridized carbons (Fsp3) is 0.364. The maximum atomic E-state index is 12.7. The molecule has 1 aliphatic heterocycles. The molecule has 0 N–H and O–H groups in total. The molecule has 1 amide bonds. The van der Waals surface area contributed by atoms with Gasteiger partial charge in [-0.3, -0.25) is 19.7 Å². The Labute approximate surface area is 169 Å². The topological polar surface area (TPSA) is 83.8 Å². The van der Waals surface area contributed by atoms with Crippen LogP contribution in [-0.2, 0) is 4.79 Å². The van der Waals surface area contributed by atoms with Crippen LogP contribution in [0.1, 0.15) is 35.2 Å². The number of carbonyl (C=O) groups is 2. The molecule has 150 valence electrons. The summed E-state index contributed by atoms with van der Waals surface area (Å²) in [5.41, 5.74) is 1.22. The number of nitrogens with zero attached hydrogens (tertiary/aromatic N) is 3. The molecule has 29 heavy (non-hydrogen) atoms.